The van der Waals surface area contributed by atoms with Crippen molar-refractivity contribution in [2.45, 2.75) is 26.7 Å². The summed E-state index contributed by atoms with van der Waals surface area (Å²) in [7, 11) is 1.60. The van der Waals surface area contributed by atoms with Gasteiger partial charge in [0.15, 0.2) is 5.75 Å². The maximum atomic E-state index is 12.5. The Balaban J connectivity index is 1.69. The summed E-state index contributed by atoms with van der Waals surface area (Å²) in [5.74, 6) is 1.72. The number of ether oxygens (including phenoxy) is 2. The van der Waals surface area contributed by atoms with Crippen LogP contribution in [0.5, 0.6) is 17.2 Å². The minimum Gasteiger partial charge on any atom is -0.497 e. The number of carbonyl (C=O) groups excluding carboxylic acids is 1. The van der Waals surface area contributed by atoms with Crippen LogP contribution in [-0.2, 0) is 11.2 Å². The molecule has 0 saturated carbocycles. The van der Waals surface area contributed by atoms with Gasteiger partial charge in [-0.1, -0.05) is 35.9 Å². The van der Waals surface area contributed by atoms with E-state index in [2.05, 4.69) is 37.4 Å². The van der Waals surface area contributed by atoms with Crippen molar-refractivity contribution in [3.8, 4) is 17.2 Å². The molecule has 1 N–H and O–H groups in total. The summed E-state index contributed by atoms with van der Waals surface area (Å²) >= 11 is 6.13. The zero-order valence-electron chi connectivity index (χ0n) is 16.8. The van der Waals surface area contributed by atoms with Crippen LogP contribution >= 0.6 is 11.6 Å². The van der Waals surface area contributed by atoms with Gasteiger partial charge in [-0.2, -0.15) is 0 Å². The Hall–Kier alpha value is -2.98. The SMILES string of the molecule is COc1cccc(Oc2ccc(Cl)cc2NC(=O)CCc2ccc(C)c(C)c2)c1. The van der Waals surface area contributed by atoms with Gasteiger partial charge in [-0.3, -0.25) is 4.79 Å². The first-order valence-electron chi connectivity index (χ1n) is 9.42. The van der Waals surface area contributed by atoms with Crippen LogP contribution in [0.1, 0.15) is 23.1 Å². The predicted octanol–water partition coefficient (Wildman–Crippen LogP) is 6.33. The van der Waals surface area contributed by atoms with Gasteiger partial charge in [-0.15, -0.1) is 0 Å². The highest BCUT2D eigenvalue weighted by Crippen LogP contribution is 2.33. The zero-order valence-corrected chi connectivity index (χ0v) is 17.5. The number of benzene rings is 3. The van der Waals surface area contributed by atoms with Crippen molar-refractivity contribution in [1.29, 1.82) is 0 Å². The van der Waals surface area contributed by atoms with Gasteiger partial charge >= 0.3 is 0 Å². The molecule has 0 atom stereocenters. The Labute approximate surface area is 176 Å². The quantitative estimate of drug-likeness (QED) is 0.496. The number of nitrogens with one attached hydrogen (secondary N) is 1. The summed E-state index contributed by atoms with van der Waals surface area (Å²) in [4.78, 5) is 12.5. The Morgan fingerprint density at radius 2 is 1.76 bits per heavy atom. The predicted molar refractivity (Wildman–Crippen MR) is 117 cm³/mol. The highest BCUT2D eigenvalue weighted by atomic mass is 35.5. The van der Waals surface area contributed by atoms with Crippen LogP contribution in [0.2, 0.25) is 5.02 Å². The molecule has 3 aromatic carbocycles. The third kappa shape index (κ3) is 5.75. The lowest BCUT2D eigenvalue weighted by molar-refractivity contribution is -0.116. The minimum atomic E-state index is -0.0963. The smallest absolute Gasteiger partial charge is 0.224 e. The number of methoxy groups -OCH3 is 1. The summed E-state index contributed by atoms with van der Waals surface area (Å²) < 4.78 is 11.2. The van der Waals surface area contributed by atoms with E-state index in [9.17, 15) is 4.79 Å². The first-order chi connectivity index (χ1) is 13.9. The summed E-state index contributed by atoms with van der Waals surface area (Å²) in [6.07, 6.45) is 1.03. The second-order valence-corrected chi connectivity index (χ2v) is 7.32. The fraction of sp³-hybridized carbons (Fsp3) is 0.208. The van der Waals surface area contributed by atoms with Crippen molar-refractivity contribution in [2.75, 3.05) is 12.4 Å². The summed E-state index contributed by atoms with van der Waals surface area (Å²) in [5.41, 5.74) is 4.15. The lowest BCUT2D eigenvalue weighted by atomic mass is 10.0. The van der Waals surface area contributed by atoms with Crippen molar-refractivity contribution in [3.05, 3.63) is 82.4 Å². The Kier molecular flexibility index (Phi) is 6.78. The molecule has 29 heavy (non-hydrogen) atoms. The van der Waals surface area contributed by atoms with Gasteiger partial charge in [0.25, 0.3) is 0 Å². The van der Waals surface area contributed by atoms with E-state index < -0.39 is 0 Å². The summed E-state index contributed by atoms with van der Waals surface area (Å²) in [6.45, 7) is 4.15. The third-order valence-electron chi connectivity index (χ3n) is 4.70. The Morgan fingerprint density at radius 1 is 0.966 bits per heavy atom. The monoisotopic (exact) mass is 409 g/mol. The first-order valence-corrected chi connectivity index (χ1v) is 9.80. The van der Waals surface area contributed by atoms with Crippen molar-refractivity contribution in [3.63, 3.8) is 0 Å². The maximum Gasteiger partial charge on any atom is 0.224 e. The summed E-state index contributed by atoms with van der Waals surface area (Å²) in [5, 5.41) is 3.44. The van der Waals surface area contributed by atoms with E-state index >= 15 is 0 Å². The molecular weight excluding hydrogens is 386 g/mol. The van der Waals surface area contributed by atoms with E-state index in [-0.39, 0.29) is 5.91 Å². The number of carbonyl (C=O) groups is 1. The van der Waals surface area contributed by atoms with Crippen LogP contribution in [0, 0.1) is 13.8 Å². The number of anilines is 1. The topological polar surface area (TPSA) is 47.6 Å². The fourth-order valence-electron chi connectivity index (χ4n) is 2.91. The molecule has 4 nitrogen and oxygen atoms in total. The van der Waals surface area contributed by atoms with Gasteiger partial charge in [0.1, 0.15) is 11.5 Å². The molecule has 0 spiro atoms. The van der Waals surface area contributed by atoms with Crippen LogP contribution in [0.15, 0.2) is 60.7 Å². The first kappa shape index (κ1) is 20.7. The van der Waals surface area contributed by atoms with Crippen LogP contribution in [-0.4, -0.2) is 13.0 Å². The normalized spacial score (nSPS) is 10.5. The number of aryl methyl sites for hydroxylation is 3. The molecule has 0 aliphatic carbocycles. The van der Waals surface area contributed by atoms with Crippen LogP contribution in [0.4, 0.5) is 5.69 Å². The highest BCUT2D eigenvalue weighted by Gasteiger charge is 2.11. The van der Waals surface area contributed by atoms with Crippen molar-refractivity contribution < 1.29 is 14.3 Å². The number of hydrogen-bond acceptors (Lipinski definition) is 3. The van der Waals surface area contributed by atoms with Crippen LogP contribution in [0.3, 0.4) is 0 Å². The summed E-state index contributed by atoms with van der Waals surface area (Å²) in [6, 6.07) is 18.7. The molecule has 5 heteroatoms. The lowest BCUT2D eigenvalue weighted by Gasteiger charge is -2.13. The molecule has 0 saturated heterocycles. The van der Waals surface area contributed by atoms with Crippen molar-refractivity contribution in [1.82, 2.24) is 0 Å². The molecule has 0 bridgehead atoms. The average molecular weight is 410 g/mol. The molecule has 0 aliphatic rings. The maximum absolute atomic E-state index is 12.5. The van der Waals surface area contributed by atoms with E-state index in [1.165, 1.54) is 11.1 Å². The van der Waals surface area contributed by atoms with Gasteiger partial charge in [-0.25, -0.2) is 0 Å². The molecule has 3 rings (SSSR count). The lowest BCUT2D eigenvalue weighted by Crippen LogP contribution is -2.13. The highest BCUT2D eigenvalue weighted by molar-refractivity contribution is 6.31. The second kappa shape index (κ2) is 9.48. The number of rotatable bonds is 7. The zero-order chi connectivity index (χ0) is 20.8. The molecule has 0 heterocycles. The van der Waals surface area contributed by atoms with Crippen molar-refractivity contribution >= 4 is 23.2 Å². The Morgan fingerprint density at radius 3 is 2.52 bits per heavy atom. The van der Waals surface area contributed by atoms with E-state index in [0.29, 0.717) is 40.8 Å². The molecular formula is C24H24ClNO3. The van der Waals surface area contributed by atoms with Gasteiger partial charge < -0.3 is 14.8 Å². The second-order valence-electron chi connectivity index (χ2n) is 6.89. The standard InChI is InChI=1S/C24H24ClNO3/c1-16-7-8-18(13-17(16)2)9-12-24(27)26-22-14-19(25)10-11-23(22)29-21-6-4-5-20(15-21)28-3/h4-8,10-11,13-15H,9,12H2,1-3H3,(H,26,27). The van der Waals surface area contributed by atoms with Gasteiger partial charge in [0.05, 0.1) is 12.8 Å². The molecule has 0 aliphatic heterocycles. The molecule has 0 radical (unpaired) electrons. The molecule has 3 aromatic rings. The Bertz CT molecular complexity index is 1020. The van der Waals surface area contributed by atoms with E-state index in [4.69, 9.17) is 21.1 Å². The molecule has 150 valence electrons. The molecule has 0 fully saturated rings. The van der Waals surface area contributed by atoms with Gasteiger partial charge in [-0.05, 0) is 67.3 Å². The molecule has 0 aromatic heterocycles. The largest absolute Gasteiger partial charge is 0.497 e. The van der Waals surface area contributed by atoms with Gasteiger partial charge in [0.2, 0.25) is 5.91 Å². The number of amides is 1. The number of hydrogen-bond donors (Lipinski definition) is 1. The fourth-order valence-corrected chi connectivity index (χ4v) is 3.08. The van der Waals surface area contributed by atoms with Crippen LogP contribution < -0.4 is 14.8 Å². The number of halogens is 1. The van der Waals surface area contributed by atoms with Crippen LogP contribution in [0.25, 0.3) is 0 Å². The van der Waals surface area contributed by atoms with E-state index in [1.807, 2.05) is 18.2 Å². The molecule has 1 amide bonds. The molecule has 0 unspecified atom stereocenters. The van der Waals surface area contributed by atoms with E-state index in [0.717, 1.165) is 5.56 Å². The van der Waals surface area contributed by atoms with Gasteiger partial charge in [0, 0.05) is 17.5 Å². The van der Waals surface area contributed by atoms with E-state index in [1.54, 1.807) is 31.4 Å². The minimum absolute atomic E-state index is 0.0963. The third-order valence-corrected chi connectivity index (χ3v) is 4.93. The van der Waals surface area contributed by atoms with Crippen molar-refractivity contribution in [2.24, 2.45) is 0 Å². The average Bonchev–Trinajstić information content (AvgIpc) is 2.71.